The molecule has 0 aliphatic carbocycles. The van der Waals surface area contributed by atoms with Gasteiger partial charge in [0.25, 0.3) is 5.91 Å². The van der Waals surface area contributed by atoms with Crippen molar-refractivity contribution in [1.29, 1.82) is 0 Å². The summed E-state index contributed by atoms with van der Waals surface area (Å²) in [6.07, 6.45) is 1.57. The molecule has 0 fully saturated rings. The average molecular weight is 430 g/mol. The lowest BCUT2D eigenvalue weighted by molar-refractivity contribution is -0.138. The lowest BCUT2D eigenvalue weighted by Crippen LogP contribution is -2.14. The van der Waals surface area contributed by atoms with Crippen LogP contribution in [0.4, 0.5) is 0 Å². The average Bonchev–Trinajstić information content (AvgIpc) is 3.00. The molecule has 2 aromatic rings. The lowest BCUT2D eigenvalue weighted by atomic mass is 10.1. The van der Waals surface area contributed by atoms with Crippen molar-refractivity contribution in [1.82, 2.24) is 0 Å². The number of phenols is 1. The highest BCUT2D eigenvalue weighted by Crippen LogP contribution is 2.39. The van der Waals surface area contributed by atoms with Crippen LogP contribution < -0.4 is 0 Å². The first kappa shape index (κ1) is 20.7. The molecular weight excluding hydrogens is 414 g/mol. The molecule has 0 saturated carbocycles. The summed E-state index contributed by atoms with van der Waals surface area (Å²) in [6.45, 7) is 1.74. The molecule has 1 aliphatic heterocycles. The standard InChI is InChI=1S/C21H16ClNO5S/c1-2-28-21(27)17-18(25)16(11-12-8-9-15(24)14(22)10-12)29-20(17)23-19(26)13-6-4-3-5-7-13/h3-11,24-25H,2H2,1H3/b16-11-,23-20?. The number of ether oxygens (including phenoxy) is 1. The number of thioether (sulfide) groups is 1. The third kappa shape index (κ3) is 4.70. The van der Waals surface area contributed by atoms with Crippen molar-refractivity contribution in [2.45, 2.75) is 6.92 Å². The SMILES string of the molecule is CCOC(=O)C1=C(O)/C(=C/c2ccc(O)c(Cl)c2)SC1=NC(=O)c1ccccc1. The molecule has 0 radical (unpaired) electrons. The first-order chi connectivity index (χ1) is 13.9. The number of rotatable bonds is 4. The Balaban J connectivity index is 2.02. The second-order valence-electron chi connectivity index (χ2n) is 5.85. The van der Waals surface area contributed by atoms with Crippen molar-refractivity contribution in [3.05, 3.63) is 80.9 Å². The maximum atomic E-state index is 12.5. The monoisotopic (exact) mass is 429 g/mol. The number of hydrogen-bond acceptors (Lipinski definition) is 6. The van der Waals surface area contributed by atoms with Crippen LogP contribution in [0.25, 0.3) is 6.08 Å². The minimum atomic E-state index is -0.774. The molecule has 1 heterocycles. The van der Waals surface area contributed by atoms with Gasteiger partial charge in [0.05, 0.1) is 16.5 Å². The van der Waals surface area contributed by atoms with Crippen molar-refractivity contribution >= 4 is 46.4 Å². The first-order valence-corrected chi connectivity index (χ1v) is 9.77. The van der Waals surface area contributed by atoms with Crippen molar-refractivity contribution < 1.29 is 24.5 Å². The Hall–Kier alpha value is -3.03. The van der Waals surface area contributed by atoms with Crippen molar-refractivity contribution in [3.63, 3.8) is 0 Å². The van der Waals surface area contributed by atoms with E-state index in [-0.39, 0.29) is 33.8 Å². The number of esters is 1. The quantitative estimate of drug-likeness (QED) is 0.681. The molecule has 6 nitrogen and oxygen atoms in total. The van der Waals surface area contributed by atoms with E-state index in [4.69, 9.17) is 16.3 Å². The Bertz CT molecular complexity index is 1060. The normalized spacial score (nSPS) is 16.5. The number of benzene rings is 2. The summed E-state index contributed by atoms with van der Waals surface area (Å²) in [7, 11) is 0. The van der Waals surface area contributed by atoms with Gasteiger partial charge in [-0.05, 0) is 42.8 Å². The molecule has 0 unspecified atom stereocenters. The highest BCUT2D eigenvalue weighted by Gasteiger charge is 2.33. The van der Waals surface area contributed by atoms with Gasteiger partial charge in [-0.15, -0.1) is 0 Å². The van der Waals surface area contributed by atoms with Crippen molar-refractivity contribution in [2.24, 2.45) is 4.99 Å². The van der Waals surface area contributed by atoms with Crippen LogP contribution in [0.5, 0.6) is 5.75 Å². The summed E-state index contributed by atoms with van der Waals surface area (Å²) >= 11 is 6.89. The number of carbonyl (C=O) groups is 2. The molecule has 2 N–H and O–H groups in total. The smallest absolute Gasteiger partial charge is 0.344 e. The zero-order chi connectivity index (χ0) is 21.0. The summed E-state index contributed by atoms with van der Waals surface area (Å²) in [5, 5.41) is 20.3. The Morgan fingerprint density at radius 1 is 1.17 bits per heavy atom. The number of amides is 1. The number of phenolic OH excluding ortho intramolecular Hbond substituents is 1. The molecule has 148 valence electrons. The third-order valence-electron chi connectivity index (χ3n) is 3.86. The molecule has 2 aromatic carbocycles. The Morgan fingerprint density at radius 3 is 2.55 bits per heavy atom. The molecule has 0 saturated heterocycles. The third-order valence-corrected chi connectivity index (χ3v) is 5.19. The molecule has 0 aromatic heterocycles. The summed E-state index contributed by atoms with van der Waals surface area (Å²) in [6, 6.07) is 12.9. The van der Waals surface area contributed by atoms with E-state index in [1.165, 1.54) is 12.1 Å². The Morgan fingerprint density at radius 2 is 1.90 bits per heavy atom. The van der Waals surface area contributed by atoms with Gasteiger partial charge in [-0.3, -0.25) is 4.79 Å². The maximum absolute atomic E-state index is 12.5. The molecule has 1 aliphatic rings. The van der Waals surface area contributed by atoms with E-state index in [2.05, 4.69) is 4.99 Å². The van der Waals surface area contributed by atoms with E-state index in [0.717, 1.165) is 11.8 Å². The van der Waals surface area contributed by atoms with Crippen molar-refractivity contribution in [2.75, 3.05) is 6.61 Å². The second kappa shape index (κ2) is 8.98. The number of aliphatic hydroxyl groups is 1. The van der Waals surface area contributed by atoms with Gasteiger partial charge in [-0.1, -0.05) is 47.6 Å². The summed E-state index contributed by atoms with van der Waals surface area (Å²) in [5.74, 6) is -1.73. The molecule has 0 spiro atoms. The number of hydrogen-bond donors (Lipinski definition) is 2. The molecule has 0 bridgehead atoms. The number of aromatic hydroxyl groups is 1. The second-order valence-corrected chi connectivity index (χ2v) is 7.29. The van der Waals surface area contributed by atoms with Gasteiger partial charge in [0.15, 0.2) is 0 Å². The highest BCUT2D eigenvalue weighted by molar-refractivity contribution is 8.18. The van der Waals surface area contributed by atoms with E-state index in [1.807, 2.05) is 0 Å². The molecule has 1 amide bonds. The van der Waals surface area contributed by atoms with Gasteiger partial charge in [0.2, 0.25) is 0 Å². The maximum Gasteiger partial charge on any atom is 0.344 e. The number of nitrogens with zero attached hydrogens (tertiary/aromatic N) is 1. The van der Waals surface area contributed by atoms with Crippen LogP contribution >= 0.6 is 23.4 Å². The zero-order valence-electron chi connectivity index (χ0n) is 15.3. The number of carbonyl (C=O) groups excluding carboxylic acids is 2. The number of halogens is 1. The van der Waals surface area contributed by atoms with Gasteiger partial charge < -0.3 is 14.9 Å². The van der Waals surface area contributed by atoms with E-state index in [0.29, 0.717) is 16.0 Å². The van der Waals surface area contributed by atoms with Crippen LogP contribution in [0.3, 0.4) is 0 Å². The van der Waals surface area contributed by atoms with Crippen molar-refractivity contribution in [3.8, 4) is 5.75 Å². The van der Waals surface area contributed by atoms with E-state index in [9.17, 15) is 19.8 Å². The predicted octanol–water partition coefficient (Wildman–Crippen LogP) is 4.75. The summed E-state index contributed by atoms with van der Waals surface area (Å²) in [5.41, 5.74) is 0.768. The predicted molar refractivity (Wildman–Crippen MR) is 113 cm³/mol. The largest absolute Gasteiger partial charge is 0.506 e. The molecular formula is C21H16ClNO5S. The van der Waals surface area contributed by atoms with Gasteiger partial charge in [0, 0.05) is 5.56 Å². The highest BCUT2D eigenvalue weighted by atomic mass is 35.5. The van der Waals surface area contributed by atoms with Gasteiger partial charge in [0.1, 0.15) is 22.1 Å². The number of aliphatic hydroxyl groups excluding tert-OH is 1. The minimum Gasteiger partial charge on any atom is -0.506 e. The van der Waals surface area contributed by atoms with Crippen LogP contribution in [-0.4, -0.2) is 33.7 Å². The zero-order valence-corrected chi connectivity index (χ0v) is 16.8. The lowest BCUT2D eigenvalue weighted by Gasteiger charge is -2.03. The van der Waals surface area contributed by atoms with Crippen LogP contribution in [0.2, 0.25) is 5.02 Å². The van der Waals surface area contributed by atoms with E-state index in [1.54, 1.807) is 49.4 Å². The topological polar surface area (TPSA) is 96.2 Å². The molecule has 8 heteroatoms. The van der Waals surface area contributed by atoms with E-state index < -0.39 is 11.9 Å². The van der Waals surface area contributed by atoms with Crippen LogP contribution in [-0.2, 0) is 9.53 Å². The summed E-state index contributed by atoms with van der Waals surface area (Å²) in [4.78, 5) is 29.1. The molecule has 3 rings (SSSR count). The minimum absolute atomic E-state index is 0.0472. The fourth-order valence-electron chi connectivity index (χ4n) is 2.49. The van der Waals surface area contributed by atoms with Crippen LogP contribution in [0.15, 0.2) is 69.8 Å². The first-order valence-electron chi connectivity index (χ1n) is 8.58. The summed E-state index contributed by atoms with van der Waals surface area (Å²) < 4.78 is 5.00. The molecule has 0 atom stereocenters. The Labute approximate surface area is 176 Å². The fraction of sp³-hybridized carbons (Fsp3) is 0.0952. The van der Waals surface area contributed by atoms with E-state index >= 15 is 0 Å². The fourth-order valence-corrected chi connectivity index (χ4v) is 3.70. The Kier molecular flexibility index (Phi) is 6.41. The van der Waals surface area contributed by atoms with Gasteiger partial charge in [-0.25, -0.2) is 9.79 Å². The van der Waals surface area contributed by atoms with Crippen LogP contribution in [0, 0.1) is 0 Å². The van der Waals surface area contributed by atoms with Gasteiger partial charge >= 0.3 is 5.97 Å². The van der Waals surface area contributed by atoms with Crippen LogP contribution in [0.1, 0.15) is 22.8 Å². The number of aliphatic imine (C=N–C) groups is 1. The van der Waals surface area contributed by atoms with Gasteiger partial charge in [-0.2, -0.15) is 0 Å². The molecule has 29 heavy (non-hydrogen) atoms.